The Morgan fingerprint density at radius 3 is 2.44 bits per heavy atom. The molecule has 0 saturated carbocycles. The predicted octanol–water partition coefficient (Wildman–Crippen LogP) is 2.87. The Kier molecular flexibility index (Phi) is 4.41. The Morgan fingerprint density at radius 1 is 1.31 bits per heavy atom. The van der Waals surface area contributed by atoms with Gasteiger partial charge in [-0.15, -0.1) is 11.6 Å². The molecular weight excluding hydrogens is 276 g/mol. The molecule has 0 fully saturated rings. The first-order valence-electron chi connectivity index (χ1n) is 4.04. The minimum atomic E-state index is -1.24. The Morgan fingerprint density at radius 2 is 1.94 bits per heavy atom. The Balaban J connectivity index is 3.24. The first-order valence-corrected chi connectivity index (χ1v) is 5.33. The molecule has 2 N–H and O–H groups in total. The zero-order valence-corrected chi connectivity index (χ0v) is 10.0. The fourth-order valence-corrected chi connectivity index (χ4v) is 1.65. The molecular formula is C9H6Cl3NO3. The van der Waals surface area contributed by atoms with Gasteiger partial charge in [-0.1, -0.05) is 23.2 Å². The quantitative estimate of drug-likeness (QED) is 0.838. The Labute approximate surface area is 106 Å². The lowest BCUT2D eigenvalue weighted by molar-refractivity contribution is -0.113. The maximum absolute atomic E-state index is 11.1. The smallest absolute Gasteiger partial charge is 0.337 e. The van der Waals surface area contributed by atoms with Crippen molar-refractivity contribution >= 4 is 52.4 Å². The number of carboxylic acids is 1. The van der Waals surface area contributed by atoms with E-state index in [4.69, 9.17) is 39.9 Å². The summed E-state index contributed by atoms with van der Waals surface area (Å²) >= 11 is 16.7. The number of carbonyl (C=O) groups excluding carboxylic acids is 1. The fourth-order valence-electron chi connectivity index (χ4n) is 1.04. The molecule has 0 spiro atoms. The molecule has 1 amide bonds. The van der Waals surface area contributed by atoms with E-state index in [9.17, 15) is 9.59 Å². The highest BCUT2D eigenvalue weighted by Gasteiger charge is 2.16. The molecule has 1 aromatic rings. The minimum Gasteiger partial charge on any atom is -0.478 e. The van der Waals surface area contributed by atoms with Crippen molar-refractivity contribution in [1.29, 1.82) is 0 Å². The summed E-state index contributed by atoms with van der Waals surface area (Å²) in [5, 5.41) is 11.4. The van der Waals surface area contributed by atoms with Gasteiger partial charge in [0, 0.05) is 5.02 Å². The summed E-state index contributed by atoms with van der Waals surface area (Å²) in [5.41, 5.74) is -0.194. The number of nitrogens with one attached hydrogen (secondary N) is 1. The van der Waals surface area contributed by atoms with Crippen molar-refractivity contribution in [2.75, 3.05) is 11.2 Å². The van der Waals surface area contributed by atoms with Crippen molar-refractivity contribution in [3.05, 3.63) is 27.7 Å². The molecule has 0 atom stereocenters. The van der Waals surface area contributed by atoms with Gasteiger partial charge in [-0.05, 0) is 12.1 Å². The zero-order chi connectivity index (χ0) is 12.3. The molecule has 86 valence electrons. The van der Waals surface area contributed by atoms with Crippen molar-refractivity contribution in [3.8, 4) is 0 Å². The summed E-state index contributed by atoms with van der Waals surface area (Å²) in [4.78, 5) is 22.0. The van der Waals surface area contributed by atoms with E-state index in [1.807, 2.05) is 0 Å². The maximum Gasteiger partial charge on any atom is 0.337 e. The molecule has 0 aliphatic heterocycles. The largest absolute Gasteiger partial charge is 0.478 e. The number of hydrogen-bond donors (Lipinski definition) is 2. The van der Waals surface area contributed by atoms with E-state index in [0.29, 0.717) is 0 Å². The SMILES string of the molecule is O=C(CCl)Nc1c(Cl)cc(Cl)cc1C(=O)O. The van der Waals surface area contributed by atoms with E-state index in [-0.39, 0.29) is 27.2 Å². The number of rotatable bonds is 3. The van der Waals surface area contributed by atoms with Gasteiger partial charge in [0.15, 0.2) is 0 Å². The van der Waals surface area contributed by atoms with Crippen molar-refractivity contribution in [1.82, 2.24) is 0 Å². The van der Waals surface area contributed by atoms with Crippen LogP contribution >= 0.6 is 34.8 Å². The number of hydrogen-bond acceptors (Lipinski definition) is 2. The fraction of sp³-hybridized carbons (Fsp3) is 0.111. The average molecular weight is 283 g/mol. The number of carboxylic acid groups (broad SMARTS) is 1. The minimum absolute atomic E-state index is 0.00998. The Bertz CT molecular complexity index is 448. The van der Waals surface area contributed by atoms with Crippen LogP contribution in [-0.2, 0) is 4.79 Å². The van der Waals surface area contributed by atoms with Gasteiger partial charge in [-0.2, -0.15) is 0 Å². The lowest BCUT2D eigenvalue weighted by atomic mass is 10.1. The molecule has 1 rings (SSSR count). The second-order valence-electron chi connectivity index (χ2n) is 2.80. The number of halogens is 3. The van der Waals surface area contributed by atoms with Gasteiger partial charge < -0.3 is 10.4 Å². The average Bonchev–Trinajstić information content (AvgIpc) is 2.20. The number of amides is 1. The van der Waals surface area contributed by atoms with E-state index in [2.05, 4.69) is 5.32 Å². The summed E-state index contributed by atoms with van der Waals surface area (Å²) < 4.78 is 0. The maximum atomic E-state index is 11.1. The van der Waals surface area contributed by atoms with Gasteiger partial charge in [-0.3, -0.25) is 4.79 Å². The number of alkyl halides is 1. The molecule has 0 aromatic heterocycles. The third-order valence-electron chi connectivity index (χ3n) is 1.67. The molecule has 4 nitrogen and oxygen atoms in total. The molecule has 7 heteroatoms. The highest BCUT2D eigenvalue weighted by atomic mass is 35.5. The molecule has 0 unspecified atom stereocenters. The number of benzene rings is 1. The lowest BCUT2D eigenvalue weighted by Gasteiger charge is -2.09. The third-order valence-corrected chi connectivity index (χ3v) is 2.43. The predicted molar refractivity (Wildman–Crippen MR) is 62.8 cm³/mol. The normalized spacial score (nSPS) is 9.94. The number of anilines is 1. The molecule has 0 heterocycles. The van der Waals surface area contributed by atoms with Crippen LogP contribution in [0.2, 0.25) is 10.0 Å². The van der Waals surface area contributed by atoms with Crippen molar-refractivity contribution in [3.63, 3.8) is 0 Å². The van der Waals surface area contributed by atoms with Crippen LogP contribution in [0, 0.1) is 0 Å². The van der Waals surface area contributed by atoms with E-state index < -0.39 is 11.9 Å². The summed E-state index contributed by atoms with van der Waals surface area (Å²) in [7, 11) is 0. The lowest BCUT2D eigenvalue weighted by Crippen LogP contribution is -2.16. The Hall–Kier alpha value is -0.970. The molecule has 0 aliphatic rings. The van der Waals surface area contributed by atoms with E-state index in [1.165, 1.54) is 12.1 Å². The molecule has 0 aliphatic carbocycles. The van der Waals surface area contributed by atoms with Crippen LogP contribution in [0.25, 0.3) is 0 Å². The molecule has 0 radical (unpaired) electrons. The summed E-state index contributed by atoms with van der Waals surface area (Å²) in [6.45, 7) is 0. The van der Waals surface area contributed by atoms with Crippen molar-refractivity contribution in [2.24, 2.45) is 0 Å². The van der Waals surface area contributed by atoms with Crippen LogP contribution in [0.1, 0.15) is 10.4 Å². The van der Waals surface area contributed by atoms with Gasteiger partial charge >= 0.3 is 5.97 Å². The third kappa shape index (κ3) is 3.01. The highest BCUT2D eigenvalue weighted by Crippen LogP contribution is 2.30. The molecule has 0 bridgehead atoms. The topological polar surface area (TPSA) is 66.4 Å². The summed E-state index contributed by atoms with van der Waals surface area (Å²) in [6.07, 6.45) is 0. The number of carbonyl (C=O) groups is 2. The first kappa shape index (κ1) is 13.1. The van der Waals surface area contributed by atoms with Crippen LogP contribution in [0.3, 0.4) is 0 Å². The zero-order valence-electron chi connectivity index (χ0n) is 7.76. The van der Waals surface area contributed by atoms with Crippen LogP contribution in [0.5, 0.6) is 0 Å². The summed E-state index contributed by atoms with van der Waals surface area (Å²) in [5.74, 6) is -2.08. The summed E-state index contributed by atoms with van der Waals surface area (Å²) in [6, 6.07) is 2.53. The second kappa shape index (κ2) is 5.39. The second-order valence-corrected chi connectivity index (χ2v) is 3.91. The van der Waals surface area contributed by atoms with E-state index in [1.54, 1.807) is 0 Å². The van der Waals surface area contributed by atoms with Crippen LogP contribution < -0.4 is 5.32 Å². The van der Waals surface area contributed by atoms with Crippen LogP contribution in [-0.4, -0.2) is 22.9 Å². The van der Waals surface area contributed by atoms with Gasteiger partial charge in [0.25, 0.3) is 0 Å². The molecule has 0 saturated heterocycles. The van der Waals surface area contributed by atoms with E-state index in [0.717, 1.165) is 0 Å². The van der Waals surface area contributed by atoms with Crippen molar-refractivity contribution in [2.45, 2.75) is 0 Å². The highest BCUT2D eigenvalue weighted by molar-refractivity contribution is 6.38. The standard InChI is InChI=1S/C9H6Cl3NO3/c10-3-7(14)13-8-5(9(15)16)1-4(11)2-6(8)12/h1-2H,3H2,(H,13,14)(H,15,16). The monoisotopic (exact) mass is 281 g/mol. The first-order chi connectivity index (χ1) is 7.45. The molecule has 16 heavy (non-hydrogen) atoms. The molecule has 1 aromatic carbocycles. The van der Waals surface area contributed by atoms with Gasteiger partial charge in [0.1, 0.15) is 5.88 Å². The van der Waals surface area contributed by atoms with Crippen LogP contribution in [0.4, 0.5) is 5.69 Å². The van der Waals surface area contributed by atoms with Gasteiger partial charge in [-0.25, -0.2) is 4.79 Å². The van der Waals surface area contributed by atoms with Crippen LogP contribution in [0.15, 0.2) is 12.1 Å². The van der Waals surface area contributed by atoms with Gasteiger partial charge in [0.05, 0.1) is 16.3 Å². The van der Waals surface area contributed by atoms with Gasteiger partial charge in [0.2, 0.25) is 5.91 Å². The van der Waals surface area contributed by atoms with Crippen molar-refractivity contribution < 1.29 is 14.7 Å². The van der Waals surface area contributed by atoms with E-state index >= 15 is 0 Å². The number of aromatic carboxylic acids is 1.